The molecule has 0 unspecified atom stereocenters. The van der Waals surface area contributed by atoms with E-state index in [-0.39, 0.29) is 12.5 Å². The summed E-state index contributed by atoms with van der Waals surface area (Å²) >= 11 is 0. The molecule has 2 aromatic rings. The number of fused-ring (bicyclic) bond motifs is 1. The van der Waals surface area contributed by atoms with Crippen LogP contribution in [0.15, 0.2) is 42.5 Å². The van der Waals surface area contributed by atoms with Crippen molar-refractivity contribution in [3.8, 4) is 0 Å². The van der Waals surface area contributed by atoms with Gasteiger partial charge < -0.3 is 9.80 Å². The molecule has 0 saturated carbocycles. The van der Waals surface area contributed by atoms with E-state index in [4.69, 9.17) is 0 Å². The summed E-state index contributed by atoms with van der Waals surface area (Å²) in [6, 6.07) is 11.5. The molecule has 3 rings (SSSR count). The summed E-state index contributed by atoms with van der Waals surface area (Å²) in [6.45, 7) is 0.658. The van der Waals surface area contributed by atoms with Crippen LogP contribution in [0.25, 0.3) is 0 Å². The molecule has 0 radical (unpaired) electrons. The highest BCUT2D eigenvalue weighted by Gasteiger charge is 2.25. The van der Waals surface area contributed by atoms with Gasteiger partial charge in [0, 0.05) is 25.3 Å². The average Bonchev–Trinajstić information content (AvgIpc) is 2.54. The van der Waals surface area contributed by atoms with Crippen LogP contribution in [0.2, 0.25) is 0 Å². The van der Waals surface area contributed by atoms with E-state index in [0.717, 1.165) is 18.2 Å². The highest BCUT2D eigenvalue weighted by molar-refractivity contribution is 5.96. The minimum atomic E-state index is -0.602. The van der Waals surface area contributed by atoms with Crippen molar-refractivity contribution in [3.05, 3.63) is 59.7 Å². The fourth-order valence-corrected chi connectivity index (χ4v) is 2.96. The maximum absolute atomic E-state index is 14.2. The van der Waals surface area contributed by atoms with Gasteiger partial charge >= 0.3 is 0 Å². The number of nitrogens with zero attached hydrogens (tertiary/aromatic N) is 2. The summed E-state index contributed by atoms with van der Waals surface area (Å²) < 4.78 is 27.5. The predicted octanol–water partition coefficient (Wildman–Crippen LogP) is 3.38. The van der Waals surface area contributed by atoms with Gasteiger partial charge in [-0.3, -0.25) is 4.79 Å². The van der Waals surface area contributed by atoms with E-state index >= 15 is 0 Å². The Kier molecular flexibility index (Phi) is 4.28. The minimum Gasteiger partial charge on any atom is -0.360 e. The molecule has 0 bridgehead atoms. The molecule has 1 heterocycles. The van der Waals surface area contributed by atoms with Crippen molar-refractivity contribution in [3.63, 3.8) is 0 Å². The number of hydrogen-bond donors (Lipinski definition) is 0. The zero-order valence-electron chi connectivity index (χ0n) is 12.9. The van der Waals surface area contributed by atoms with E-state index in [1.807, 2.05) is 30.3 Å². The Bertz CT molecular complexity index is 718. The van der Waals surface area contributed by atoms with Crippen molar-refractivity contribution >= 4 is 17.3 Å². The van der Waals surface area contributed by atoms with E-state index in [1.54, 1.807) is 16.8 Å². The molecular formula is C18H18F2N2O. The fourth-order valence-electron chi connectivity index (χ4n) is 2.96. The van der Waals surface area contributed by atoms with Crippen molar-refractivity contribution < 1.29 is 13.6 Å². The normalized spacial score (nSPS) is 13.6. The third-order valence-electron chi connectivity index (χ3n) is 4.14. The summed E-state index contributed by atoms with van der Waals surface area (Å²) in [7, 11) is 1.70. The van der Waals surface area contributed by atoms with Crippen molar-refractivity contribution in [2.45, 2.75) is 12.8 Å². The second-order valence-electron chi connectivity index (χ2n) is 5.71. The van der Waals surface area contributed by atoms with Crippen LogP contribution in [0.3, 0.4) is 0 Å². The number of para-hydroxylation sites is 1. The molecule has 3 nitrogen and oxygen atoms in total. The highest BCUT2D eigenvalue weighted by Crippen LogP contribution is 2.31. The summed E-state index contributed by atoms with van der Waals surface area (Å²) in [4.78, 5) is 15.7. The lowest BCUT2D eigenvalue weighted by atomic mass is 10.0. The number of carbonyl (C=O) groups is 1. The molecule has 1 aliphatic rings. The molecule has 120 valence electrons. The second kappa shape index (κ2) is 6.36. The van der Waals surface area contributed by atoms with Crippen LogP contribution in [0.1, 0.15) is 12.0 Å². The highest BCUT2D eigenvalue weighted by atomic mass is 19.1. The molecule has 0 atom stereocenters. The second-order valence-corrected chi connectivity index (χ2v) is 5.71. The predicted molar refractivity (Wildman–Crippen MR) is 86.7 cm³/mol. The summed E-state index contributed by atoms with van der Waals surface area (Å²) in [6.07, 6.45) is 1.40. The number of hydrogen-bond acceptors (Lipinski definition) is 2. The average molecular weight is 316 g/mol. The molecule has 5 heteroatoms. The quantitative estimate of drug-likeness (QED) is 0.867. The third-order valence-corrected chi connectivity index (χ3v) is 4.14. The molecule has 0 aliphatic carbocycles. The molecule has 1 amide bonds. The molecule has 0 aromatic heterocycles. The zero-order chi connectivity index (χ0) is 16.4. The molecular weight excluding hydrogens is 298 g/mol. The number of carbonyl (C=O) groups excluding carboxylic acids is 1. The first-order valence-electron chi connectivity index (χ1n) is 7.61. The van der Waals surface area contributed by atoms with Crippen molar-refractivity contribution in [1.82, 2.24) is 0 Å². The van der Waals surface area contributed by atoms with Crippen LogP contribution in [0.5, 0.6) is 0 Å². The Morgan fingerprint density at radius 3 is 2.70 bits per heavy atom. The molecule has 1 aliphatic heterocycles. The van der Waals surface area contributed by atoms with E-state index in [2.05, 4.69) is 0 Å². The lowest BCUT2D eigenvalue weighted by molar-refractivity contribution is -0.117. The Hall–Kier alpha value is -2.43. The van der Waals surface area contributed by atoms with Gasteiger partial charge in [0.15, 0.2) is 0 Å². The smallest absolute Gasteiger partial charge is 0.246 e. The third kappa shape index (κ3) is 3.18. The van der Waals surface area contributed by atoms with Gasteiger partial charge in [-0.15, -0.1) is 0 Å². The monoisotopic (exact) mass is 316 g/mol. The number of halogens is 2. The Morgan fingerprint density at radius 1 is 1.22 bits per heavy atom. The summed E-state index contributed by atoms with van der Waals surface area (Å²) in [5.41, 5.74) is 1.77. The SMILES string of the molecule is CN(C(=O)CN1CCCc2cc(F)cc(F)c21)c1ccccc1. The van der Waals surface area contributed by atoms with Crippen molar-refractivity contribution in [1.29, 1.82) is 0 Å². The molecule has 0 saturated heterocycles. The number of benzene rings is 2. The number of aryl methyl sites for hydroxylation is 1. The summed E-state index contributed by atoms with van der Waals surface area (Å²) in [5, 5.41) is 0. The standard InChI is InChI=1S/C18H18F2N2O/c1-21(15-7-3-2-4-8-15)17(23)12-22-9-5-6-13-10-14(19)11-16(20)18(13)22/h2-4,7-8,10-11H,5-6,9,12H2,1H3. The van der Waals surface area contributed by atoms with Gasteiger partial charge in [-0.1, -0.05) is 18.2 Å². The molecule has 0 N–H and O–H groups in total. The van der Waals surface area contributed by atoms with E-state index in [1.165, 1.54) is 6.07 Å². The number of likely N-dealkylation sites (N-methyl/N-ethyl adjacent to an activating group) is 1. The molecule has 0 spiro atoms. The van der Waals surface area contributed by atoms with Gasteiger partial charge in [0.25, 0.3) is 0 Å². The number of rotatable bonds is 3. The Labute approximate surface area is 134 Å². The number of anilines is 2. The topological polar surface area (TPSA) is 23.6 Å². The maximum atomic E-state index is 14.2. The van der Waals surface area contributed by atoms with Gasteiger partial charge in [0.05, 0.1) is 12.2 Å². The van der Waals surface area contributed by atoms with Gasteiger partial charge in [0.2, 0.25) is 5.91 Å². The van der Waals surface area contributed by atoms with Crippen LogP contribution < -0.4 is 9.80 Å². The van der Waals surface area contributed by atoms with Crippen LogP contribution in [-0.2, 0) is 11.2 Å². The van der Waals surface area contributed by atoms with Gasteiger partial charge in [-0.05, 0) is 36.6 Å². The van der Waals surface area contributed by atoms with Gasteiger partial charge in [-0.2, -0.15) is 0 Å². The Morgan fingerprint density at radius 2 is 1.96 bits per heavy atom. The van der Waals surface area contributed by atoms with Crippen LogP contribution in [0, 0.1) is 11.6 Å². The number of amides is 1. The maximum Gasteiger partial charge on any atom is 0.246 e. The van der Waals surface area contributed by atoms with E-state index in [9.17, 15) is 13.6 Å². The van der Waals surface area contributed by atoms with Crippen molar-refractivity contribution in [2.75, 3.05) is 29.9 Å². The van der Waals surface area contributed by atoms with E-state index < -0.39 is 11.6 Å². The minimum absolute atomic E-state index is 0.0704. The largest absolute Gasteiger partial charge is 0.360 e. The van der Waals surface area contributed by atoms with Crippen LogP contribution in [-0.4, -0.2) is 26.0 Å². The van der Waals surface area contributed by atoms with Gasteiger partial charge in [0.1, 0.15) is 11.6 Å². The van der Waals surface area contributed by atoms with Crippen LogP contribution in [0.4, 0.5) is 20.2 Å². The first-order chi connectivity index (χ1) is 11.1. The first kappa shape index (κ1) is 15.5. The fraction of sp³-hybridized carbons (Fsp3) is 0.278. The Balaban J connectivity index is 1.81. The molecule has 2 aromatic carbocycles. The zero-order valence-corrected chi connectivity index (χ0v) is 12.9. The van der Waals surface area contributed by atoms with Crippen LogP contribution >= 0.6 is 0 Å². The van der Waals surface area contributed by atoms with Crippen molar-refractivity contribution in [2.24, 2.45) is 0 Å². The molecule has 23 heavy (non-hydrogen) atoms. The van der Waals surface area contributed by atoms with Gasteiger partial charge in [-0.25, -0.2) is 8.78 Å². The first-order valence-corrected chi connectivity index (χ1v) is 7.61. The van der Waals surface area contributed by atoms with E-state index in [0.29, 0.717) is 24.2 Å². The molecule has 0 fully saturated rings. The summed E-state index contributed by atoms with van der Waals surface area (Å²) in [5.74, 6) is -1.31. The lowest BCUT2D eigenvalue weighted by Gasteiger charge is -2.32. The lowest BCUT2D eigenvalue weighted by Crippen LogP contribution is -2.41.